The number of allylic oxidation sites excluding steroid dienone is 1. The molecule has 0 saturated heterocycles. The first-order valence-corrected chi connectivity index (χ1v) is 8.24. The Labute approximate surface area is 156 Å². The lowest BCUT2D eigenvalue weighted by molar-refractivity contribution is 0.104. The van der Waals surface area contributed by atoms with E-state index in [0.29, 0.717) is 27.8 Å². The summed E-state index contributed by atoms with van der Waals surface area (Å²) < 4.78 is 15.9. The molecule has 0 bridgehead atoms. The molecule has 3 rings (SSSR count). The second kappa shape index (κ2) is 7.54. The van der Waals surface area contributed by atoms with Crippen molar-refractivity contribution in [2.75, 3.05) is 21.3 Å². The highest BCUT2D eigenvalue weighted by Gasteiger charge is 2.15. The SMILES string of the molecule is COc1cc(C(=O)C=Cc2c[nH]c3ccc(Cl)cc23)cc(OC)c1OC. The van der Waals surface area contributed by atoms with Gasteiger partial charge in [0.05, 0.1) is 21.3 Å². The number of ketones is 1. The number of methoxy groups -OCH3 is 3. The number of carbonyl (C=O) groups is 1. The van der Waals surface area contributed by atoms with Crippen LogP contribution >= 0.6 is 11.6 Å². The van der Waals surface area contributed by atoms with E-state index in [1.54, 1.807) is 18.2 Å². The number of rotatable bonds is 6. The third kappa shape index (κ3) is 3.39. The number of carbonyl (C=O) groups excluding carboxylic acids is 1. The summed E-state index contributed by atoms with van der Waals surface area (Å²) >= 11 is 6.06. The van der Waals surface area contributed by atoms with E-state index in [0.717, 1.165) is 16.5 Å². The molecule has 0 amide bonds. The van der Waals surface area contributed by atoms with E-state index in [2.05, 4.69) is 4.98 Å². The number of halogens is 1. The predicted molar refractivity (Wildman–Crippen MR) is 103 cm³/mol. The maximum absolute atomic E-state index is 12.6. The second-order valence-corrected chi connectivity index (χ2v) is 5.98. The van der Waals surface area contributed by atoms with Gasteiger partial charge in [-0.1, -0.05) is 11.6 Å². The fourth-order valence-electron chi connectivity index (χ4n) is 2.74. The van der Waals surface area contributed by atoms with Gasteiger partial charge >= 0.3 is 0 Å². The number of H-pyrrole nitrogens is 1. The van der Waals surface area contributed by atoms with E-state index in [9.17, 15) is 4.79 Å². The number of aromatic nitrogens is 1. The molecule has 0 spiro atoms. The van der Waals surface area contributed by atoms with Crippen LogP contribution < -0.4 is 14.2 Å². The molecule has 26 heavy (non-hydrogen) atoms. The van der Waals surface area contributed by atoms with Crippen molar-refractivity contribution >= 4 is 34.4 Å². The molecule has 0 aliphatic rings. The minimum Gasteiger partial charge on any atom is -0.493 e. The van der Waals surface area contributed by atoms with Crippen LogP contribution in [0.4, 0.5) is 0 Å². The Morgan fingerprint density at radius 2 is 1.73 bits per heavy atom. The molecule has 5 nitrogen and oxygen atoms in total. The van der Waals surface area contributed by atoms with Gasteiger partial charge in [-0.2, -0.15) is 0 Å². The standard InChI is InChI=1S/C20H18ClNO4/c1-24-18-8-13(9-19(25-2)20(18)26-3)17(23)7-4-12-11-22-16-6-5-14(21)10-15(12)16/h4-11,22H,1-3H3. The molecule has 0 saturated carbocycles. The minimum absolute atomic E-state index is 0.180. The van der Waals surface area contributed by atoms with Crippen molar-refractivity contribution in [3.63, 3.8) is 0 Å². The lowest BCUT2D eigenvalue weighted by Crippen LogP contribution is -2.00. The summed E-state index contributed by atoms with van der Waals surface area (Å²) in [5, 5.41) is 1.59. The molecule has 0 fully saturated rings. The van der Waals surface area contributed by atoms with Crippen LogP contribution in [0.1, 0.15) is 15.9 Å². The van der Waals surface area contributed by atoms with Crippen molar-refractivity contribution in [3.05, 3.63) is 58.8 Å². The molecule has 0 radical (unpaired) electrons. The van der Waals surface area contributed by atoms with Crippen LogP contribution in [0.2, 0.25) is 5.02 Å². The first-order valence-electron chi connectivity index (χ1n) is 7.86. The van der Waals surface area contributed by atoms with Crippen molar-refractivity contribution in [2.24, 2.45) is 0 Å². The van der Waals surface area contributed by atoms with Crippen molar-refractivity contribution in [3.8, 4) is 17.2 Å². The van der Waals surface area contributed by atoms with Crippen molar-refractivity contribution in [2.45, 2.75) is 0 Å². The number of nitrogens with one attached hydrogen (secondary N) is 1. The maximum atomic E-state index is 12.6. The molecule has 1 N–H and O–H groups in total. The highest BCUT2D eigenvalue weighted by atomic mass is 35.5. The zero-order valence-electron chi connectivity index (χ0n) is 14.6. The zero-order chi connectivity index (χ0) is 18.7. The summed E-state index contributed by atoms with van der Waals surface area (Å²) in [7, 11) is 4.54. The summed E-state index contributed by atoms with van der Waals surface area (Å²) in [6.45, 7) is 0. The van der Waals surface area contributed by atoms with Gasteiger partial charge < -0.3 is 19.2 Å². The Morgan fingerprint density at radius 3 is 2.35 bits per heavy atom. The third-order valence-corrected chi connectivity index (χ3v) is 4.27. The van der Waals surface area contributed by atoms with Crippen LogP contribution in [0.5, 0.6) is 17.2 Å². The van der Waals surface area contributed by atoms with Crippen LogP contribution in [0.15, 0.2) is 42.6 Å². The number of hydrogen-bond donors (Lipinski definition) is 1. The third-order valence-electron chi connectivity index (χ3n) is 4.04. The molecule has 2 aromatic carbocycles. The molecular weight excluding hydrogens is 354 g/mol. The topological polar surface area (TPSA) is 60.6 Å². The summed E-state index contributed by atoms with van der Waals surface area (Å²) in [6, 6.07) is 8.82. The van der Waals surface area contributed by atoms with Gasteiger partial charge in [-0.15, -0.1) is 0 Å². The summed E-state index contributed by atoms with van der Waals surface area (Å²) in [4.78, 5) is 15.8. The van der Waals surface area contributed by atoms with Crippen molar-refractivity contribution < 1.29 is 19.0 Å². The molecule has 1 aromatic heterocycles. The smallest absolute Gasteiger partial charge is 0.203 e. The van der Waals surface area contributed by atoms with E-state index in [1.165, 1.54) is 27.4 Å². The van der Waals surface area contributed by atoms with Gasteiger partial charge in [0, 0.05) is 27.7 Å². The average molecular weight is 372 g/mol. The molecule has 3 aromatic rings. The highest BCUT2D eigenvalue weighted by molar-refractivity contribution is 6.31. The van der Waals surface area contributed by atoms with Crippen molar-refractivity contribution in [1.29, 1.82) is 0 Å². The van der Waals surface area contributed by atoms with Gasteiger partial charge in [0.1, 0.15) is 0 Å². The van der Waals surface area contributed by atoms with Crippen LogP contribution in [-0.4, -0.2) is 32.1 Å². The summed E-state index contributed by atoms with van der Waals surface area (Å²) in [5.41, 5.74) is 2.27. The van der Waals surface area contributed by atoms with Gasteiger partial charge in [0.15, 0.2) is 17.3 Å². The van der Waals surface area contributed by atoms with Crippen LogP contribution in [0.3, 0.4) is 0 Å². The van der Waals surface area contributed by atoms with Gasteiger partial charge in [0.25, 0.3) is 0 Å². The lowest BCUT2D eigenvalue weighted by Gasteiger charge is -2.13. The predicted octanol–water partition coefficient (Wildman–Crippen LogP) is 4.74. The minimum atomic E-state index is -0.180. The summed E-state index contributed by atoms with van der Waals surface area (Å²) in [6.07, 6.45) is 5.09. The van der Waals surface area contributed by atoms with Gasteiger partial charge in [-0.3, -0.25) is 4.79 Å². The lowest BCUT2D eigenvalue weighted by atomic mass is 10.1. The second-order valence-electron chi connectivity index (χ2n) is 5.55. The Bertz CT molecular complexity index is 966. The molecule has 0 atom stereocenters. The van der Waals surface area contributed by atoms with Crippen LogP contribution in [-0.2, 0) is 0 Å². The zero-order valence-corrected chi connectivity index (χ0v) is 15.4. The first-order chi connectivity index (χ1) is 12.6. The van der Waals surface area contributed by atoms with E-state index < -0.39 is 0 Å². The number of aromatic amines is 1. The Morgan fingerprint density at radius 1 is 1.04 bits per heavy atom. The number of ether oxygens (including phenoxy) is 3. The van der Waals surface area contributed by atoms with E-state index in [4.69, 9.17) is 25.8 Å². The maximum Gasteiger partial charge on any atom is 0.203 e. The van der Waals surface area contributed by atoms with Gasteiger partial charge in [0.2, 0.25) is 5.75 Å². The molecule has 134 valence electrons. The summed E-state index contributed by atoms with van der Waals surface area (Å²) in [5.74, 6) is 1.13. The first kappa shape index (κ1) is 17.9. The number of benzene rings is 2. The highest BCUT2D eigenvalue weighted by Crippen LogP contribution is 2.38. The molecule has 6 heteroatoms. The van der Waals surface area contributed by atoms with E-state index in [1.807, 2.05) is 24.4 Å². The number of hydrogen-bond acceptors (Lipinski definition) is 4. The Balaban J connectivity index is 1.94. The fourth-order valence-corrected chi connectivity index (χ4v) is 2.91. The normalized spacial score (nSPS) is 11.1. The molecule has 0 aliphatic heterocycles. The largest absolute Gasteiger partial charge is 0.493 e. The van der Waals surface area contributed by atoms with E-state index in [-0.39, 0.29) is 5.78 Å². The average Bonchev–Trinajstić information content (AvgIpc) is 3.06. The van der Waals surface area contributed by atoms with Crippen LogP contribution in [0, 0.1) is 0 Å². The quantitative estimate of drug-likeness (QED) is 0.502. The fraction of sp³-hybridized carbons (Fsp3) is 0.150. The van der Waals surface area contributed by atoms with Gasteiger partial charge in [-0.25, -0.2) is 0 Å². The van der Waals surface area contributed by atoms with Crippen molar-refractivity contribution in [1.82, 2.24) is 4.98 Å². The monoisotopic (exact) mass is 371 g/mol. The molecule has 0 unspecified atom stereocenters. The number of fused-ring (bicyclic) bond motifs is 1. The molecular formula is C20H18ClNO4. The van der Waals surface area contributed by atoms with Crippen LogP contribution in [0.25, 0.3) is 17.0 Å². The molecule has 0 aliphatic carbocycles. The Hall–Kier alpha value is -2.92. The van der Waals surface area contributed by atoms with E-state index >= 15 is 0 Å². The Kier molecular flexibility index (Phi) is 5.19. The van der Waals surface area contributed by atoms with Gasteiger partial charge in [-0.05, 0) is 48.0 Å². The molecule has 1 heterocycles.